The van der Waals surface area contributed by atoms with Gasteiger partial charge in [0.05, 0.1) is 26.4 Å². The largest absolute Gasteiger partial charge is 0.481 e. The molecule has 0 heterocycles. The number of ether oxygens (including phenoxy) is 3. The lowest BCUT2D eigenvalue weighted by atomic mass is 10.0. The molecular formula is C16H32O5. The van der Waals surface area contributed by atoms with Gasteiger partial charge in [-0.1, -0.05) is 33.1 Å². The lowest BCUT2D eigenvalue weighted by molar-refractivity contribution is -0.137. The Kier molecular flexibility index (Phi) is 15.2. The van der Waals surface area contributed by atoms with E-state index in [0.29, 0.717) is 45.4 Å². The molecule has 126 valence electrons. The molecule has 0 aliphatic rings. The smallest absolute Gasteiger partial charge is 0.303 e. The van der Waals surface area contributed by atoms with Crippen LogP contribution < -0.4 is 0 Å². The zero-order chi connectivity index (χ0) is 15.8. The molecule has 5 heteroatoms. The number of hydrogen-bond acceptors (Lipinski definition) is 4. The first kappa shape index (κ1) is 20.3. The SMILES string of the molecule is CCCCC(CC)COCCOCCOCCCC(=O)O. The Hall–Kier alpha value is -0.650. The third kappa shape index (κ3) is 15.6. The maximum absolute atomic E-state index is 10.3. The van der Waals surface area contributed by atoms with Crippen LogP contribution in [-0.2, 0) is 19.0 Å². The van der Waals surface area contributed by atoms with Gasteiger partial charge < -0.3 is 19.3 Å². The Labute approximate surface area is 129 Å². The third-order valence-corrected chi connectivity index (χ3v) is 3.32. The van der Waals surface area contributed by atoms with Gasteiger partial charge >= 0.3 is 5.97 Å². The van der Waals surface area contributed by atoms with E-state index in [1.54, 1.807) is 0 Å². The zero-order valence-corrected chi connectivity index (χ0v) is 13.6. The van der Waals surface area contributed by atoms with Crippen LogP contribution in [0.5, 0.6) is 0 Å². The normalized spacial score (nSPS) is 12.5. The first-order chi connectivity index (χ1) is 10.2. The molecule has 0 radical (unpaired) electrons. The van der Waals surface area contributed by atoms with Gasteiger partial charge in [-0.2, -0.15) is 0 Å². The Morgan fingerprint density at radius 1 is 0.952 bits per heavy atom. The van der Waals surface area contributed by atoms with Gasteiger partial charge in [0.25, 0.3) is 0 Å². The number of carbonyl (C=O) groups is 1. The first-order valence-electron chi connectivity index (χ1n) is 8.15. The minimum Gasteiger partial charge on any atom is -0.481 e. The van der Waals surface area contributed by atoms with E-state index in [4.69, 9.17) is 19.3 Å². The van der Waals surface area contributed by atoms with E-state index in [1.165, 1.54) is 25.7 Å². The summed E-state index contributed by atoms with van der Waals surface area (Å²) in [5.41, 5.74) is 0. The van der Waals surface area contributed by atoms with Crippen molar-refractivity contribution < 1.29 is 24.1 Å². The van der Waals surface area contributed by atoms with Crippen molar-refractivity contribution in [3.8, 4) is 0 Å². The molecule has 0 saturated carbocycles. The highest BCUT2D eigenvalue weighted by atomic mass is 16.5. The van der Waals surface area contributed by atoms with Crippen LogP contribution in [-0.4, -0.2) is 50.7 Å². The quantitative estimate of drug-likeness (QED) is 0.444. The van der Waals surface area contributed by atoms with Crippen molar-refractivity contribution in [2.24, 2.45) is 5.92 Å². The Bertz CT molecular complexity index is 233. The van der Waals surface area contributed by atoms with Crippen molar-refractivity contribution in [2.45, 2.75) is 52.4 Å². The number of rotatable bonds is 16. The number of aliphatic carboxylic acids is 1. The fourth-order valence-electron chi connectivity index (χ4n) is 1.91. The van der Waals surface area contributed by atoms with Crippen LogP contribution in [0, 0.1) is 5.92 Å². The molecule has 1 unspecified atom stereocenters. The Morgan fingerprint density at radius 3 is 2.14 bits per heavy atom. The standard InChI is InChI=1S/C16H32O5/c1-3-5-7-15(4-2)14-21-13-12-20-11-10-19-9-6-8-16(17)18/h15H,3-14H2,1-2H3,(H,17,18). The molecule has 0 amide bonds. The van der Waals surface area contributed by atoms with E-state index in [2.05, 4.69) is 13.8 Å². The summed E-state index contributed by atoms with van der Waals surface area (Å²) < 4.78 is 16.3. The second kappa shape index (κ2) is 15.7. The minimum atomic E-state index is -0.781. The Morgan fingerprint density at radius 2 is 1.57 bits per heavy atom. The number of hydrogen-bond donors (Lipinski definition) is 1. The van der Waals surface area contributed by atoms with Crippen LogP contribution in [0.3, 0.4) is 0 Å². The summed E-state index contributed by atoms with van der Waals surface area (Å²) in [6.45, 7) is 7.97. The fourth-order valence-corrected chi connectivity index (χ4v) is 1.91. The fraction of sp³-hybridized carbons (Fsp3) is 0.938. The summed E-state index contributed by atoms with van der Waals surface area (Å²) in [6, 6.07) is 0. The van der Waals surface area contributed by atoms with E-state index in [-0.39, 0.29) is 6.42 Å². The van der Waals surface area contributed by atoms with Crippen LogP contribution in [0.15, 0.2) is 0 Å². The highest BCUT2D eigenvalue weighted by Gasteiger charge is 2.05. The predicted molar refractivity (Wildman–Crippen MR) is 82.6 cm³/mol. The molecule has 0 aliphatic heterocycles. The van der Waals surface area contributed by atoms with E-state index >= 15 is 0 Å². The van der Waals surface area contributed by atoms with Gasteiger partial charge in [0.15, 0.2) is 0 Å². The van der Waals surface area contributed by atoms with E-state index < -0.39 is 5.97 Å². The van der Waals surface area contributed by atoms with E-state index in [1.807, 2.05) is 0 Å². The monoisotopic (exact) mass is 304 g/mol. The van der Waals surface area contributed by atoms with Crippen molar-refractivity contribution in [1.82, 2.24) is 0 Å². The van der Waals surface area contributed by atoms with Crippen LogP contribution in [0.4, 0.5) is 0 Å². The van der Waals surface area contributed by atoms with Gasteiger partial charge in [0.2, 0.25) is 0 Å². The molecule has 0 bridgehead atoms. The molecule has 0 rings (SSSR count). The van der Waals surface area contributed by atoms with Crippen LogP contribution >= 0.6 is 0 Å². The van der Waals surface area contributed by atoms with E-state index in [9.17, 15) is 4.79 Å². The average Bonchev–Trinajstić information content (AvgIpc) is 2.47. The second-order valence-corrected chi connectivity index (χ2v) is 5.21. The molecule has 0 aromatic carbocycles. The topological polar surface area (TPSA) is 65.0 Å². The van der Waals surface area contributed by atoms with Crippen LogP contribution in [0.2, 0.25) is 0 Å². The first-order valence-corrected chi connectivity index (χ1v) is 8.15. The summed E-state index contributed by atoms with van der Waals surface area (Å²) in [4.78, 5) is 10.3. The summed E-state index contributed by atoms with van der Waals surface area (Å²) in [5.74, 6) is -0.112. The van der Waals surface area contributed by atoms with Crippen LogP contribution in [0.1, 0.15) is 52.4 Å². The molecule has 0 fully saturated rings. The van der Waals surface area contributed by atoms with Crippen molar-refractivity contribution >= 4 is 5.97 Å². The molecule has 0 aromatic heterocycles. The molecular weight excluding hydrogens is 272 g/mol. The summed E-state index contributed by atoms with van der Waals surface area (Å²) in [5, 5.41) is 8.45. The summed E-state index contributed by atoms with van der Waals surface area (Å²) >= 11 is 0. The molecule has 1 atom stereocenters. The highest BCUT2D eigenvalue weighted by molar-refractivity contribution is 5.66. The molecule has 0 aromatic rings. The second-order valence-electron chi connectivity index (χ2n) is 5.21. The van der Waals surface area contributed by atoms with Crippen molar-refractivity contribution in [1.29, 1.82) is 0 Å². The lowest BCUT2D eigenvalue weighted by Crippen LogP contribution is -2.14. The average molecular weight is 304 g/mol. The van der Waals surface area contributed by atoms with Gasteiger partial charge in [-0.3, -0.25) is 4.79 Å². The summed E-state index contributed by atoms with van der Waals surface area (Å²) in [6.07, 6.45) is 5.65. The van der Waals surface area contributed by atoms with Gasteiger partial charge in [0.1, 0.15) is 0 Å². The highest BCUT2D eigenvalue weighted by Crippen LogP contribution is 2.12. The number of unbranched alkanes of at least 4 members (excludes halogenated alkanes) is 1. The van der Waals surface area contributed by atoms with Gasteiger partial charge in [-0.15, -0.1) is 0 Å². The summed E-state index contributed by atoms with van der Waals surface area (Å²) in [7, 11) is 0. The van der Waals surface area contributed by atoms with Gasteiger partial charge in [0, 0.05) is 19.6 Å². The van der Waals surface area contributed by atoms with Crippen molar-refractivity contribution in [2.75, 3.05) is 39.6 Å². The molecule has 0 saturated heterocycles. The van der Waals surface area contributed by atoms with Crippen molar-refractivity contribution in [3.63, 3.8) is 0 Å². The van der Waals surface area contributed by atoms with Gasteiger partial charge in [-0.25, -0.2) is 0 Å². The van der Waals surface area contributed by atoms with Crippen LogP contribution in [0.25, 0.3) is 0 Å². The van der Waals surface area contributed by atoms with Gasteiger partial charge in [-0.05, 0) is 18.8 Å². The molecule has 5 nitrogen and oxygen atoms in total. The molecule has 21 heavy (non-hydrogen) atoms. The minimum absolute atomic E-state index is 0.158. The third-order valence-electron chi connectivity index (χ3n) is 3.32. The maximum atomic E-state index is 10.3. The Balaban J connectivity index is 3.19. The van der Waals surface area contributed by atoms with E-state index in [0.717, 1.165) is 6.61 Å². The predicted octanol–water partition coefficient (Wildman–Crippen LogP) is 3.12. The zero-order valence-electron chi connectivity index (χ0n) is 13.6. The molecule has 1 N–H and O–H groups in total. The maximum Gasteiger partial charge on any atom is 0.303 e. The lowest BCUT2D eigenvalue weighted by Gasteiger charge is -2.14. The van der Waals surface area contributed by atoms with Crippen molar-refractivity contribution in [3.05, 3.63) is 0 Å². The molecule has 0 aliphatic carbocycles. The number of carboxylic acids is 1. The number of carboxylic acid groups (broad SMARTS) is 1. The molecule has 0 spiro atoms.